The topological polar surface area (TPSA) is 43.7 Å². The molecule has 3 nitrogen and oxygen atoms in total. The van der Waals surface area contributed by atoms with E-state index in [1.165, 1.54) is 0 Å². The lowest BCUT2D eigenvalue weighted by molar-refractivity contribution is 0.181. The molecule has 0 bridgehead atoms. The van der Waals surface area contributed by atoms with E-state index in [0.29, 0.717) is 13.1 Å². The van der Waals surface area contributed by atoms with Gasteiger partial charge in [-0.3, -0.25) is 0 Å². The molecule has 0 radical (unpaired) electrons. The maximum Gasteiger partial charge on any atom is 0.0850 e. The average Bonchev–Trinajstić information content (AvgIpc) is 2.37. The van der Waals surface area contributed by atoms with Crippen LogP contribution in [0.4, 0.5) is 5.69 Å². The van der Waals surface area contributed by atoms with Gasteiger partial charge < -0.3 is 15.1 Å². The Morgan fingerprint density at radius 2 is 1.67 bits per heavy atom. The second-order valence-electron chi connectivity index (χ2n) is 4.36. The number of hydrogen-bond donors (Lipinski definition) is 2. The van der Waals surface area contributed by atoms with Crippen LogP contribution in [0.15, 0.2) is 24.3 Å². The Hall–Kier alpha value is -0.480. The van der Waals surface area contributed by atoms with Crippen molar-refractivity contribution in [3.05, 3.63) is 29.8 Å². The highest BCUT2D eigenvalue weighted by molar-refractivity contribution is 6.18. The minimum absolute atomic E-state index is 0.166. The summed E-state index contributed by atoms with van der Waals surface area (Å²) in [4.78, 5) is 1.90. The Morgan fingerprint density at radius 3 is 2.11 bits per heavy atom. The Balaban J connectivity index is 2.82. The molecular formula is C13H19Cl2NO2. The summed E-state index contributed by atoms with van der Waals surface area (Å²) in [6, 6.07) is 7.88. The van der Waals surface area contributed by atoms with Crippen LogP contribution >= 0.6 is 23.2 Å². The van der Waals surface area contributed by atoms with Gasteiger partial charge in [-0.1, -0.05) is 12.1 Å². The number of alkyl halides is 2. The number of anilines is 1. The second-order valence-corrected chi connectivity index (χ2v) is 4.98. The minimum atomic E-state index is -0.630. The maximum absolute atomic E-state index is 9.66. The van der Waals surface area contributed by atoms with Crippen molar-refractivity contribution in [1.82, 2.24) is 0 Å². The summed E-state index contributed by atoms with van der Waals surface area (Å²) in [6.45, 7) is 2.75. The number of benzene rings is 1. The van der Waals surface area contributed by atoms with E-state index in [1.54, 1.807) is 0 Å². The zero-order valence-corrected chi connectivity index (χ0v) is 11.9. The number of aryl methyl sites for hydroxylation is 1. The van der Waals surface area contributed by atoms with Crippen LogP contribution < -0.4 is 4.90 Å². The first kappa shape index (κ1) is 15.6. The lowest BCUT2D eigenvalue weighted by atomic mass is 10.2. The quantitative estimate of drug-likeness (QED) is 0.756. The Labute approximate surface area is 118 Å². The molecule has 1 aromatic carbocycles. The molecule has 0 heterocycles. The van der Waals surface area contributed by atoms with Crippen molar-refractivity contribution in [1.29, 1.82) is 0 Å². The minimum Gasteiger partial charge on any atom is -0.390 e. The molecule has 18 heavy (non-hydrogen) atoms. The Bertz CT molecular complexity index is 351. The van der Waals surface area contributed by atoms with Crippen LogP contribution in [-0.4, -0.2) is 47.3 Å². The predicted octanol–water partition coefficient (Wildman–Crippen LogP) is 2.00. The van der Waals surface area contributed by atoms with Gasteiger partial charge in [0.1, 0.15) is 0 Å². The molecule has 0 aliphatic rings. The van der Waals surface area contributed by atoms with Crippen LogP contribution in [0.3, 0.4) is 0 Å². The molecule has 0 saturated heterocycles. The highest BCUT2D eigenvalue weighted by Crippen LogP contribution is 2.17. The number of halogens is 2. The molecule has 0 fully saturated rings. The van der Waals surface area contributed by atoms with Crippen molar-refractivity contribution in [3.8, 4) is 0 Å². The van der Waals surface area contributed by atoms with E-state index in [4.69, 9.17) is 23.2 Å². The molecule has 5 heteroatoms. The van der Waals surface area contributed by atoms with Gasteiger partial charge in [-0.15, -0.1) is 23.2 Å². The van der Waals surface area contributed by atoms with Crippen molar-refractivity contribution in [2.45, 2.75) is 19.1 Å². The molecule has 1 aromatic rings. The van der Waals surface area contributed by atoms with Crippen molar-refractivity contribution in [2.24, 2.45) is 0 Å². The maximum atomic E-state index is 9.66. The van der Waals surface area contributed by atoms with E-state index in [-0.39, 0.29) is 11.8 Å². The van der Waals surface area contributed by atoms with Gasteiger partial charge in [-0.05, 0) is 24.6 Å². The van der Waals surface area contributed by atoms with Gasteiger partial charge >= 0.3 is 0 Å². The van der Waals surface area contributed by atoms with Gasteiger partial charge in [-0.25, -0.2) is 0 Å². The van der Waals surface area contributed by atoms with E-state index in [1.807, 2.05) is 36.1 Å². The molecule has 102 valence electrons. The van der Waals surface area contributed by atoms with Gasteiger partial charge in [0.2, 0.25) is 0 Å². The summed E-state index contributed by atoms with van der Waals surface area (Å²) >= 11 is 11.2. The standard InChI is InChI=1S/C13H19Cl2NO2/c1-10-3-2-4-11(5-10)16(8-12(17)6-14)9-13(18)7-15/h2-5,12-13,17-18H,6-9H2,1H3. The van der Waals surface area contributed by atoms with Gasteiger partial charge in [-0.2, -0.15) is 0 Å². The third-order valence-electron chi connectivity index (χ3n) is 2.59. The first-order valence-electron chi connectivity index (χ1n) is 5.86. The van der Waals surface area contributed by atoms with E-state index in [2.05, 4.69) is 0 Å². The highest BCUT2D eigenvalue weighted by atomic mass is 35.5. The molecular weight excluding hydrogens is 273 g/mol. The fraction of sp³-hybridized carbons (Fsp3) is 0.538. The molecule has 0 spiro atoms. The molecule has 1 rings (SSSR count). The number of nitrogens with zero attached hydrogens (tertiary/aromatic N) is 1. The SMILES string of the molecule is Cc1cccc(N(CC(O)CCl)CC(O)CCl)c1. The van der Waals surface area contributed by atoms with E-state index >= 15 is 0 Å². The lowest BCUT2D eigenvalue weighted by Crippen LogP contribution is -2.39. The highest BCUT2D eigenvalue weighted by Gasteiger charge is 2.15. The molecule has 2 atom stereocenters. The summed E-state index contributed by atoms with van der Waals surface area (Å²) in [5.41, 5.74) is 2.07. The van der Waals surface area contributed by atoms with Gasteiger partial charge in [0, 0.05) is 18.8 Å². The molecule has 0 aromatic heterocycles. The van der Waals surface area contributed by atoms with Gasteiger partial charge in [0.15, 0.2) is 0 Å². The summed E-state index contributed by atoms with van der Waals surface area (Å²) < 4.78 is 0. The van der Waals surface area contributed by atoms with E-state index in [9.17, 15) is 10.2 Å². The molecule has 0 aliphatic heterocycles. The Morgan fingerprint density at radius 1 is 1.11 bits per heavy atom. The first-order valence-corrected chi connectivity index (χ1v) is 6.93. The number of rotatable bonds is 7. The zero-order chi connectivity index (χ0) is 13.5. The van der Waals surface area contributed by atoms with Crippen molar-refractivity contribution < 1.29 is 10.2 Å². The average molecular weight is 292 g/mol. The molecule has 0 aliphatic carbocycles. The van der Waals surface area contributed by atoms with E-state index in [0.717, 1.165) is 11.3 Å². The second kappa shape index (κ2) is 7.85. The fourth-order valence-corrected chi connectivity index (χ4v) is 1.91. The van der Waals surface area contributed by atoms with Gasteiger partial charge in [0.05, 0.1) is 24.0 Å². The third kappa shape index (κ3) is 5.02. The first-order chi connectivity index (χ1) is 8.56. The number of aliphatic hydroxyl groups is 2. The van der Waals surface area contributed by atoms with Crippen molar-refractivity contribution in [2.75, 3.05) is 29.7 Å². The van der Waals surface area contributed by atoms with Crippen molar-refractivity contribution >= 4 is 28.9 Å². The van der Waals surface area contributed by atoms with E-state index < -0.39 is 12.2 Å². The smallest absolute Gasteiger partial charge is 0.0850 e. The van der Waals surface area contributed by atoms with Crippen LogP contribution in [0, 0.1) is 6.92 Å². The summed E-state index contributed by atoms with van der Waals surface area (Å²) in [6.07, 6.45) is -1.26. The normalized spacial score (nSPS) is 14.3. The predicted molar refractivity (Wildman–Crippen MR) is 76.8 cm³/mol. The van der Waals surface area contributed by atoms with Gasteiger partial charge in [0.25, 0.3) is 0 Å². The summed E-state index contributed by atoms with van der Waals surface area (Å²) in [5.74, 6) is 0.332. The Kier molecular flexibility index (Phi) is 6.79. The van der Waals surface area contributed by atoms with Crippen LogP contribution in [0.5, 0.6) is 0 Å². The summed E-state index contributed by atoms with van der Waals surface area (Å²) in [5, 5.41) is 19.3. The third-order valence-corrected chi connectivity index (χ3v) is 3.30. The zero-order valence-electron chi connectivity index (χ0n) is 10.4. The molecule has 0 saturated carbocycles. The lowest BCUT2D eigenvalue weighted by Gasteiger charge is -2.28. The monoisotopic (exact) mass is 291 g/mol. The number of aliphatic hydroxyl groups excluding tert-OH is 2. The molecule has 2 unspecified atom stereocenters. The van der Waals surface area contributed by atoms with Crippen LogP contribution in [-0.2, 0) is 0 Å². The molecule has 0 amide bonds. The summed E-state index contributed by atoms with van der Waals surface area (Å²) in [7, 11) is 0. The van der Waals surface area contributed by atoms with Crippen LogP contribution in [0.1, 0.15) is 5.56 Å². The largest absolute Gasteiger partial charge is 0.390 e. The van der Waals surface area contributed by atoms with Crippen LogP contribution in [0.2, 0.25) is 0 Å². The fourth-order valence-electron chi connectivity index (χ4n) is 1.72. The molecule has 2 N–H and O–H groups in total. The number of hydrogen-bond acceptors (Lipinski definition) is 3. The van der Waals surface area contributed by atoms with Crippen molar-refractivity contribution in [3.63, 3.8) is 0 Å². The van der Waals surface area contributed by atoms with Crippen LogP contribution in [0.25, 0.3) is 0 Å².